The second-order valence-electron chi connectivity index (χ2n) is 3.88. The van der Waals surface area contributed by atoms with E-state index >= 15 is 0 Å². The van der Waals surface area contributed by atoms with Crippen LogP contribution in [-0.2, 0) is 19.5 Å². The van der Waals surface area contributed by atoms with Gasteiger partial charge < -0.3 is 9.88 Å². The highest BCUT2D eigenvalue weighted by molar-refractivity contribution is 7.11. The van der Waals surface area contributed by atoms with Crippen LogP contribution in [0.2, 0.25) is 0 Å². The molecule has 0 radical (unpaired) electrons. The number of thiophene rings is 1. The molecule has 0 aromatic carbocycles. The maximum absolute atomic E-state index is 3.20. The smallest absolute Gasteiger partial charge is 0.0566 e. The average molecular weight is 234 g/mol. The predicted octanol–water partition coefficient (Wildman–Crippen LogP) is 2.88. The minimum atomic E-state index is 0.930. The molecule has 3 heteroatoms. The van der Waals surface area contributed by atoms with E-state index in [2.05, 4.69) is 47.3 Å². The fraction of sp³-hybridized carbons (Fsp3) is 0.385. The van der Waals surface area contributed by atoms with Gasteiger partial charge in [-0.05, 0) is 37.7 Å². The summed E-state index contributed by atoms with van der Waals surface area (Å²) < 4.78 is 2.31. The molecule has 2 aromatic rings. The van der Waals surface area contributed by atoms with Crippen molar-refractivity contribution >= 4 is 11.3 Å². The summed E-state index contributed by atoms with van der Waals surface area (Å²) in [6.45, 7) is 4.13. The van der Waals surface area contributed by atoms with Crippen molar-refractivity contribution in [2.75, 3.05) is 7.05 Å². The van der Waals surface area contributed by atoms with Gasteiger partial charge in [-0.25, -0.2) is 0 Å². The van der Waals surface area contributed by atoms with Crippen LogP contribution >= 0.6 is 11.3 Å². The predicted molar refractivity (Wildman–Crippen MR) is 70.0 cm³/mol. The third-order valence-corrected chi connectivity index (χ3v) is 3.89. The Hall–Kier alpha value is -1.06. The molecule has 0 aliphatic rings. The lowest BCUT2D eigenvalue weighted by Crippen LogP contribution is -2.10. The molecule has 1 N–H and O–H groups in total. The van der Waals surface area contributed by atoms with Crippen molar-refractivity contribution in [1.82, 2.24) is 9.88 Å². The van der Waals surface area contributed by atoms with Gasteiger partial charge in [-0.15, -0.1) is 11.3 Å². The average Bonchev–Trinajstić information content (AvgIpc) is 2.90. The van der Waals surface area contributed by atoms with Gasteiger partial charge >= 0.3 is 0 Å². The van der Waals surface area contributed by atoms with Gasteiger partial charge in [-0.2, -0.15) is 0 Å². The topological polar surface area (TPSA) is 17.0 Å². The number of aryl methyl sites for hydroxylation is 1. The first-order chi connectivity index (χ1) is 7.83. The van der Waals surface area contributed by atoms with Gasteiger partial charge in [-0.3, -0.25) is 0 Å². The van der Waals surface area contributed by atoms with Gasteiger partial charge in [0.15, 0.2) is 0 Å². The molecular weight excluding hydrogens is 216 g/mol. The van der Waals surface area contributed by atoms with Crippen molar-refractivity contribution < 1.29 is 0 Å². The highest BCUT2D eigenvalue weighted by Gasteiger charge is 2.03. The number of nitrogens with one attached hydrogen (secondary N) is 1. The summed E-state index contributed by atoms with van der Waals surface area (Å²) in [5, 5.41) is 3.20. The molecule has 2 rings (SSSR count). The van der Waals surface area contributed by atoms with E-state index in [0.29, 0.717) is 0 Å². The van der Waals surface area contributed by atoms with Gasteiger partial charge in [0.2, 0.25) is 0 Å². The fourth-order valence-corrected chi connectivity index (χ4v) is 2.77. The largest absolute Gasteiger partial charge is 0.345 e. The standard InChI is InChI=1S/C13H18N2S/c1-3-12-6-7-13(16-12)10-15-8-4-5-11(15)9-14-2/h4-8,14H,3,9-10H2,1-2H3. The summed E-state index contributed by atoms with van der Waals surface area (Å²) >= 11 is 1.92. The van der Waals surface area contributed by atoms with Crippen molar-refractivity contribution in [3.05, 3.63) is 45.9 Å². The van der Waals surface area contributed by atoms with E-state index in [4.69, 9.17) is 0 Å². The highest BCUT2D eigenvalue weighted by atomic mass is 32.1. The molecule has 0 aliphatic carbocycles. The first-order valence-electron chi connectivity index (χ1n) is 5.69. The van der Waals surface area contributed by atoms with E-state index in [9.17, 15) is 0 Å². The highest BCUT2D eigenvalue weighted by Crippen LogP contribution is 2.18. The number of rotatable bonds is 5. The third kappa shape index (κ3) is 2.54. The van der Waals surface area contributed by atoms with E-state index in [1.165, 1.54) is 15.4 Å². The Balaban J connectivity index is 2.10. The molecule has 2 aromatic heterocycles. The molecule has 2 nitrogen and oxygen atoms in total. The zero-order chi connectivity index (χ0) is 11.4. The van der Waals surface area contributed by atoms with Crippen molar-refractivity contribution in [1.29, 1.82) is 0 Å². The van der Waals surface area contributed by atoms with Gasteiger partial charge in [0.1, 0.15) is 0 Å². The van der Waals surface area contributed by atoms with Crippen molar-refractivity contribution in [2.24, 2.45) is 0 Å². The lowest BCUT2D eigenvalue weighted by atomic mass is 10.3. The summed E-state index contributed by atoms with van der Waals surface area (Å²) in [4.78, 5) is 2.91. The molecule has 0 amide bonds. The summed E-state index contributed by atoms with van der Waals surface area (Å²) in [6.07, 6.45) is 3.29. The fourth-order valence-electron chi connectivity index (χ4n) is 1.81. The lowest BCUT2D eigenvalue weighted by molar-refractivity contribution is 0.699. The monoisotopic (exact) mass is 234 g/mol. The Morgan fingerprint density at radius 1 is 1.25 bits per heavy atom. The lowest BCUT2D eigenvalue weighted by Gasteiger charge is -2.07. The van der Waals surface area contributed by atoms with Crippen LogP contribution in [0.4, 0.5) is 0 Å². The zero-order valence-corrected chi connectivity index (χ0v) is 10.7. The molecule has 2 heterocycles. The number of hydrogen-bond donors (Lipinski definition) is 1. The Morgan fingerprint density at radius 2 is 2.06 bits per heavy atom. The SMILES string of the molecule is CCc1ccc(Cn2cccc2CNC)s1. The number of hydrogen-bond acceptors (Lipinski definition) is 2. The van der Waals surface area contributed by atoms with Crippen LogP contribution in [0.25, 0.3) is 0 Å². The van der Waals surface area contributed by atoms with E-state index in [1.807, 2.05) is 18.4 Å². The molecule has 0 spiro atoms. The second-order valence-corrected chi connectivity index (χ2v) is 5.13. The molecule has 0 fully saturated rings. The first kappa shape index (κ1) is 11.4. The maximum Gasteiger partial charge on any atom is 0.0566 e. The molecule has 16 heavy (non-hydrogen) atoms. The Kier molecular flexibility index (Phi) is 3.80. The zero-order valence-electron chi connectivity index (χ0n) is 9.86. The van der Waals surface area contributed by atoms with Crippen molar-refractivity contribution in [2.45, 2.75) is 26.4 Å². The molecule has 0 bridgehead atoms. The summed E-state index contributed by atoms with van der Waals surface area (Å²) in [7, 11) is 1.98. The van der Waals surface area contributed by atoms with Crippen molar-refractivity contribution in [3.63, 3.8) is 0 Å². The number of nitrogens with zero attached hydrogens (tertiary/aromatic N) is 1. The Labute approximate surface area is 101 Å². The van der Waals surface area contributed by atoms with Crippen LogP contribution in [-0.4, -0.2) is 11.6 Å². The van der Waals surface area contributed by atoms with Gasteiger partial charge in [0.05, 0.1) is 6.54 Å². The Bertz CT molecular complexity index is 442. The van der Waals surface area contributed by atoms with Gasteiger partial charge in [-0.1, -0.05) is 6.92 Å². The second kappa shape index (κ2) is 5.32. The summed E-state index contributed by atoms with van der Waals surface area (Å²) in [5.74, 6) is 0. The molecule has 86 valence electrons. The van der Waals surface area contributed by atoms with Crippen LogP contribution in [0.5, 0.6) is 0 Å². The van der Waals surface area contributed by atoms with Crippen LogP contribution in [0.1, 0.15) is 22.4 Å². The minimum absolute atomic E-state index is 0.930. The van der Waals surface area contributed by atoms with E-state index in [1.54, 1.807) is 0 Å². The number of aromatic nitrogens is 1. The molecule has 0 saturated carbocycles. The third-order valence-electron chi connectivity index (χ3n) is 2.67. The van der Waals surface area contributed by atoms with Crippen molar-refractivity contribution in [3.8, 4) is 0 Å². The van der Waals surface area contributed by atoms with Crippen LogP contribution in [0.3, 0.4) is 0 Å². The van der Waals surface area contributed by atoms with Gasteiger partial charge in [0, 0.05) is 28.2 Å². The van der Waals surface area contributed by atoms with E-state index in [0.717, 1.165) is 19.5 Å². The normalized spacial score (nSPS) is 10.9. The summed E-state index contributed by atoms with van der Waals surface area (Å²) in [5.41, 5.74) is 1.34. The maximum atomic E-state index is 3.20. The molecular formula is C13H18N2S. The van der Waals surface area contributed by atoms with Crippen LogP contribution < -0.4 is 5.32 Å². The minimum Gasteiger partial charge on any atom is -0.345 e. The first-order valence-corrected chi connectivity index (χ1v) is 6.51. The summed E-state index contributed by atoms with van der Waals surface area (Å²) in [6, 6.07) is 8.76. The van der Waals surface area contributed by atoms with Crippen LogP contribution in [0, 0.1) is 0 Å². The molecule has 0 aliphatic heterocycles. The van der Waals surface area contributed by atoms with E-state index < -0.39 is 0 Å². The van der Waals surface area contributed by atoms with E-state index in [-0.39, 0.29) is 0 Å². The Morgan fingerprint density at radius 3 is 2.75 bits per heavy atom. The molecule has 0 saturated heterocycles. The van der Waals surface area contributed by atoms with Crippen LogP contribution in [0.15, 0.2) is 30.5 Å². The quantitative estimate of drug-likeness (QED) is 0.841. The molecule has 0 atom stereocenters. The molecule has 0 unspecified atom stereocenters. The van der Waals surface area contributed by atoms with Gasteiger partial charge in [0.25, 0.3) is 0 Å².